The first-order chi connectivity index (χ1) is 16.4. The Morgan fingerprint density at radius 3 is 2.26 bits per heavy atom. The highest BCUT2D eigenvalue weighted by molar-refractivity contribution is 8.18. The molecule has 0 bridgehead atoms. The fourth-order valence-electron chi connectivity index (χ4n) is 3.19. The van der Waals surface area contributed by atoms with Crippen LogP contribution in [0.15, 0.2) is 71.6 Å². The summed E-state index contributed by atoms with van der Waals surface area (Å²) in [6, 6.07) is 20.2. The van der Waals surface area contributed by atoms with Gasteiger partial charge >= 0.3 is 0 Å². The van der Waals surface area contributed by atoms with Gasteiger partial charge in [-0.3, -0.25) is 14.5 Å². The second-order valence-corrected chi connectivity index (χ2v) is 9.41. The molecule has 34 heavy (non-hydrogen) atoms. The van der Waals surface area contributed by atoms with E-state index in [-0.39, 0.29) is 24.3 Å². The number of aryl methyl sites for hydroxylation is 1. The number of carbonyl (C=O) groups is 2. The second-order valence-electron chi connectivity index (χ2n) is 7.60. The van der Waals surface area contributed by atoms with Gasteiger partial charge in [-0.2, -0.15) is 0 Å². The van der Waals surface area contributed by atoms with Gasteiger partial charge in [0.1, 0.15) is 24.7 Å². The van der Waals surface area contributed by atoms with Crippen molar-refractivity contribution in [3.63, 3.8) is 0 Å². The Kier molecular flexibility index (Phi) is 7.83. The van der Waals surface area contributed by atoms with Crippen molar-refractivity contribution in [1.82, 2.24) is 4.90 Å². The zero-order valence-electron chi connectivity index (χ0n) is 18.3. The van der Waals surface area contributed by atoms with Crippen LogP contribution in [0.25, 0.3) is 6.08 Å². The van der Waals surface area contributed by atoms with Crippen LogP contribution in [-0.2, 0) is 11.4 Å². The maximum absolute atomic E-state index is 12.7. The summed E-state index contributed by atoms with van der Waals surface area (Å²) >= 11 is 12.9. The summed E-state index contributed by atoms with van der Waals surface area (Å²) in [5, 5.41) is 0.678. The Hall–Kier alpha value is -2.93. The molecule has 0 saturated carbocycles. The molecule has 1 heterocycles. The Morgan fingerprint density at radius 1 is 0.882 bits per heavy atom. The van der Waals surface area contributed by atoms with Gasteiger partial charge in [0.2, 0.25) is 0 Å². The molecule has 1 saturated heterocycles. The van der Waals surface area contributed by atoms with Gasteiger partial charge in [0.25, 0.3) is 11.1 Å². The minimum atomic E-state index is -0.317. The lowest BCUT2D eigenvalue weighted by Crippen LogP contribution is -2.32. The number of thioether (sulfide) groups is 1. The minimum absolute atomic E-state index is 0.192. The fraction of sp³-hybridized carbons (Fsp3) is 0.154. The molecule has 1 fully saturated rings. The maximum atomic E-state index is 12.7. The average molecular weight is 514 g/mol. The van der Waals surface area contributed by atoms with Crippen molar-refractivity contribution in [3.8, 4) is 11.5 Å². The third-order valence-corrected chi connectivity index (χ3v) is 6.69. The van der Waals surface area contributed by atoms with E-state index in [1.165, 1.54) is 4.90 Å². The predicted octanol–water partition coefficient (Wildman–Crippen LogP) is 7.00. The lowest BCUT2D eigenvalue weighted by atomic mass is 10.2. The standard InChI is InChI=1S/C26H21Cl2NO4S/c1-17-2-7-20(8-3-17)32-13-12-29-25(30)24(34-26(29)31)15-18-4-9-21(10-5-18)33-16-19-6-11-22(27)23(28)14-19/h2-11,14-15H,12-13,16H2,1H3/b24-15-. The minimum Gasteiger partial charge on any atom is -0.492 e. The first-order valence-corrected chi connectivity index (χ1v) is 12.1. The summed E-state index contributed by atoms with van der Waals surface area (Å²) in [6.45, 7) is 2.77. The molecule has 0 aromatic heterocycles. The molecule has 0 unspecified atom stereocenters. The number of nitrogens with zero attached hydrogens (tertiary/aromatic N) is 1. The van der Waals surface area contributed by atoms with Crippen LogP contribution < -0.4 is 9.47 Å². The van der Waals surface area contributed by atoms with Crippen molar-refractivity contribution in [2.45, 2.75) is 13.5 Å². The van der Waals surface area contributed by atoms with Gasteiger partial charge < -0.3 is 9.47 Å². The molecule has 8 heteroatoms. The number of carbonyl (C=O) groups excluding carboxylic acids is 2. The molecule has 0 atom stereocenters. The summed E-state index contributed by atoms with van der Waals surface area (Å²) < 4.78 is 11.4. The van der Waals surface area contributed by atoms with E-state index in [9.17, 15) is 9.59 Å². The number of amides is 2. The van der Waals surface area contributed by atoms with Crippen molar-refractivity contribution in [2.75, 3.05) is 13.2 Å². The van der Waals surface area contributed by atoms with E-state index in [0.29, 0.717) is 33.1 Å². The van der Waals surface area contributed by atoms with Crippen molar-refractivity contribution in [3.05, 3.63) is 98.4 Å². The molecule has 0 spiro atoms. The third-order valence-electron chi connectivity index (χ3n) is 5.05. The highest BCUT2D eigenvalue weighted by Gasteiger charge is 2.34. The van der Waals surface area contributed by atoms with Crippen LogP contribution in [0, 0.1) is 6.92 Å². The SMILES string of the molecule is Cc1ccc(OCCN2C(=O)S/C(=C\c3ccc(OCc4ccc(Cl)c(Cl)c4)cc3)C2=O)cc1. The van der Waals surface area contributed by atoms with E-state index in [0.717, 1.165) is 28.5 Å². The molecule has 174 valence electrons. The van der Waals surface area contributed by atoms with Crippen molar-refractivity contribution in [2.24, 2.45) is 0 Å². The fourth-order valence-corrected chi connectivity index (χ4v) is 4.38. The molecule has 1 aliphatic heterocycles. The van der Waals surface area contributed by atoms with Crippen LogP contribution in [0.1, 0.15) is 16.7 Å². The number of benzene rings is 3. The Morgan fingerprint density at radius 2 is 1.56 bits per heavy atom. The molecule has 0 radical (unpaired) electrons. The van der Waals surface area contributed by atoms with Crippen molar-refractivity contribution < 1.29 is 19.1 Å². The second kappa shape index (κ2) is 11.0. The topological polar surface area (TPSA) is 55.8 Å². The summed E-state index contributed by atoms with van der Waals surface area (Å²) in [6.07, 6.45) is 1.70. The van der Waals surface area contributed by atoms with E-state index >= 15 is 0 Å². The zero-order chi connectivity index (χ0) is 24.1. The molecule has 1 aliphatic rings. The van der Waals surface area contributed by atoms with E-state index in [1.807, 2.05) is 61.5 Å². The van der Waals surface area contributed by atoms with Gasteiger partial charge in [-0.05, 0) is 72.3 Å². The molecular weight excluding hydrogens is 493 g/mol. The van der Waals surface area contributed by atoms with E-state index < -0.39 is 0 Å². The quantitative estimate of drug-likeness (QED) is 0.303. The predicted molar refractivity (Wildman–Crippen MR) is 137 cm³/mol. The van der Waals surface area contributed by atoms with Crippen LogP contribution in [0.4, 0.5) is 4.79 Å². The maximum Gasteiger partial charge on any atom is 0.293 e. The molecular formula is C26H21Cl2NO4S. The normalized spacial score (nSPS) is 14.7. The van der Waals surface area contributed by atoms with Gasteiger partial charge in [0.15, 0.2) is 0 Å². The molecule has 5 nitrogen and oxygen atoms in total. The number of imide groups is 1. The summed E-state index contributed by atoms with van der Waals surface area (Å²) in [5.74, 6) is 1.06. The van der Waals surface area contributed by atoms with E-state index in [1.54, 1.807) is 18.2 Å². The smallest absolute Gasteiger partial charge is 0.293 e. The van der Waals surface area contributed by atoms with Gasteiger partial charge in [0.05, 0.1) is 21.5 Å². The Labute approximate surface area is 212 Å². The van der Waals surface area contributed by atoms with Crippen molar-refractivity contribution >= 4 is 52.2 Å². The average Bonchev–Trinajstić information content (AvgIpc) is 3.09. The lowest BCUT2D eigenvalue weighted by Gasteiger charge is -2.13. The Bertz CT molecular complexity index is 1230. The van der Waals surface area contributed by atoms with Gasteiger partial charge in [0, 0.05) is 0 Å². The molecule has 0 N–H and O–H groups in total. The number of rotatable bonds is 8. The van der Waals surface area contributed by atoms with E-state index in [4.69, 9.17) is 32.7 Å². The summed E-state index contributed by atoms with van der Waals surface area (Å²) in [5.41, 5.74) is 2.83. The summed E-state index contributed by atoms with van der Waals surface area (Å²) in [7, 11) is 0. The summed E-state index contributed by atoms with van der Waals surface area (Å²) in [4.78, 5) is 26.6. The van der Waals surface area contributed by atoms with Gasteiger partial charge in [-0.25, -0.2) is 0 Å². The van der Waals surface area contributed by atoms with Crippen LogP contribution in [0.5, 0.6) is 11.5 Å². The largest absolute Gasteiger partial charge is 0.492 e. The molecule has 4 rings (SSSR count). The van der Waals surface area contributed by atoms with Crippen LogP contribution >= 0.6 is 35.0 Å². The van der Waals surface area contributed by atoms with Crippen LogP contribution in [0.2, 0.25) is 10.0 Å². The van der Waals surface area contributed by atoms with E-state index in [2.05, 4.69) is 0 Å². The van der Waals surface area contributed by atoms with Crippen LogP contribution in [-0.4, -0.2) is 29.2 Å². The Balaban J connectivity index is 1.32. The highest BCUT2D eigenvalue weighted by Crippen LogP contribution is 2.32. The molecule has 2 amide bonds. The van der Waals surface area contributed by atoms with Gasteiger partial charge in [-0.1, -0.05) is 59.1 Å². The zero-order valence-corrected chi connectivity index (χ0v) is 20.6. The molecule has 3 aromatic carbocycles. The first kappa shape index (κ1) is 24.2. The monoisotopic (exact) mass is 513 g/mol. The number of ether oxygens (including phenoxy) is 2. The number of hydrogen-bond donors (Lipinski definition) is 0. The third kappa shape index (κ3) is 6.14. The van der Waals surface area contributed by atoms with Crippen LogP contribution in [0.3, 0.4) is 0 Å². The number of hydrogen-bond acceptors (Lipinski definition) is 5. The molecule has 0 aliphatic carbocycles. The number of halogens is 2. The van der Waals surface area contributed by atoms with Crippen molar-refractivity contribution in [1.29, 1.82) is 0 Å². The molecule has 3 aromatic rings. The highest BCUT2D eigenvalue weighted by atomic mass is 35.5. The lowest BCUT2D eigenvalue weighted by molar-refractivity contribution is -0.123. The van der Waals surface area contributed by atoms with Gasteiger partial charge in [-0.15, -0.1) is 0 Å². The first-order valence-electron chi connectivity index (χ1n) is 10.5.